The Morgan fingerprint density at radius 1 is 1.04 bits per heavy atom. The molecule has 23 heavy (non-hydrogen) atoms. The third-order valence-electron chi connectivity index (χ3n) is 5.63. The summed E-state index contributed by atoms with van der Waals surface area (Å²) in [5.41, 5.74) is 2.52. The number of sulfonamides is 1. The van der Waals surface area contributed by atoms with Gasteiger partial charge in [0.2, 0.25) is 10.0 Å². The van der Waals surface area contributed by atoms with Crippen molar-refractivity contribution in [2.75, 3.05) is 26.3 Å². The summed E-state index contributed by atoms with van der Waals surface area (Å²) in [7, 11) is -3.24. The molecule has 2 unspecified atom stereocenters. The van der Waals surface area contributed by atoms with Crippen LogP contribution in [0.5, 0.6) is 0 Å². The smallest absolute Gasteiger partial charge is 0.217 e. The molecule has 2 aliphatic carbocycles. The molecule has 4 rings (SSSR count). The van der Waals surface area contributed by atoms with E-state index >= 15 is 0 Å². The molecule has 1 saturated heterocycles. The topological polar surface area (TPSA) is 46.6 Å². The first kappa shape index (κ1) is 15.6. The normalized spacial score (nSPS) is 29.7. The van der Waals surface area contributed by atoms with Crippen LogP contribution < -0.4 is 0 Å². The number of aryl methyl sites for hydroxylation is 1. The van der Waals surface area contributed by atoms with Crippen LogP contribution in [0.25, 0.3) is 0 Å². The zero-order valence-electron chi connectivity index (χ0n) is 13.5. The molecule has 1 heterocycles. The highest BCUT2D eigenvalue weighted by atomic mass is 32.2. The van der Waals surface area contributed by atoms with Gasteiger partial charge in [0.05, 0.1) is 18.5 Å². The van der Waals surface area contributed by atoms with Gasteiger partial charge in [-0.05, 0) is 55.1 Å². The molecular formula is C18H25NO3S. The Labute approximate surface area is 138 Å². The SMILES string of the molecule is O=S(=O)(C1CCc2ccccc2C1)N1CCOCC(C2CC2)C1. The molecule has 1 saturated carbocycles. The summed E-state index contributed by atoms with van der Waals surface area (Å²) < 4.78 is 33.7. The van der Waals surface area contributed by atoms with Crippen LogP contribution in [0.15, 0.2) is 24.3 Å². The number of fused-ring (bicyclic) bond motifs is 1. The van der Waals surface area contributed by atoms with Crippen LogP contribution in [0.3, 0.4) is 0 Å². The molecule has 3 aliphatic rings. The quantitative estimate of drug-likeness (QED) is 0.851. The van der Waals surface area contributed by atoms with Crippen molar-refractivity contribution < 1.29 is 13.2 Å². The molecule has 0 amide bonds. The number of hydrogen-bond donors (Lipinski definition) is 0. The van der Waals surface area contributed by atoms with E-state index in [4.69, 9.17) is 4.74 Å². The van der Waals surface area contributed by atoms with E-state index in [1.54, 1.807) is 4.31 Å². The van der Waals surface area contributed by atoms with Gasteiger partial charge in [0.1, 0.15) is 0 Å². The lowest BCUT2D eigenvalue weighted by Crippen LogP contribution is -2.44. The Bertz CT molecular complexity index is 669. The van der Waals surface area contributed by atoms with Gasteiger partial charge in [-0.3, -0.25) is 0 Å². The first-order valence-corrected chi connectivity index (χ1v) is 10.3. The van der Waals surface area contributed by atoms with Crippen LogP contribution in [0.4, 0.5) is 0 Å². The largest absolute Gasteiger partial charge is 0.380 e. The first-order chi connectivity index (χ1) is 11.1. The van der Waals surface area contributed by atoms with Crippen molar-refractivity contribution in [3.05, 3.63) is 35.4 Å². The van der Waals surface area contributed by atoms with E-state index in [1.807, 2.05) is 12.1 Å². The molecule has 0 radical (unpaired) electrons. The Kier molecular flexibility index (Phi) is 4.20. The van der Waals surface area contributed by atoms with E-state index in [-0.39, 0.29) is 5.25 Å². The first-order valence-electron chi connectivity index (χ1n) is 8.78. The minimum Gasteiger partial charge on any atom is -0.380 e. The van der Waals surface area contributed by atoms with E-state index < -0.39 is 10.0 Å². The summed E-state index contributed by atoms with van der Waals surface area (Å²) in [6, 6.07) is 8.26. The van der Waals surface area contributed by atoms with Crippen molar-refractivity contribution in [1.29, 1.82) is 0 Å². The Hall–Kier alpha value is -0.910. The zero-order chi connectivity index (χ0) is 15.9. The fraction of sp³-hybridized carbons (Fsp3) is 0.667. The van der Waals surface area contributed by atoms with Gasteiger partial charge < -0.3 is 4.74 Å². The number of hydrogen-bond acceptors (Lipinski definition) is 3. The van der Waals surface area contributed by atoms with Gasteiger partial charge in [-0.25, -0.2) is 8.42 Å². The highest BCUT2D eigenvalue weighted by Gasteiger charge is 2.40. The molecule has 0 aromatic heterocycles. The molecule has 1 aliphatic heterocycles. The predicted molar refractivity (Wildman–Crippen MR) is 89.8 cm³/mol. The van der Waals surface area contributed by atoms with E-state index in [0.29, 0.717) is 38.0 Å². The van der Waals surface area contributed by atoms with E-state index in [2.05, 4.69) is 12.1 Å². The Balaban J connectivity index is 1.52. The fourth-order valence-corrected chi connectivity index (χ4v) is 5.98. The average molecular weight is 335 g/mol. The predicted octanol–water partition coefficient (Wildman–Crippen LogP) is 2.23. The van der Waals surface area contributed by atoms with E-state index in [9.17, 15) is 8.42 Å². The minimum absolute atomic E-state index is 0.268. The number of benzene rings is 1. The molecule has 0 N–H and O–H groups in total. The number of rotatable bonds is 3. The summed E-state index contributed by atoms with van der Waals surface area (Å²) in [5.74, 6) is 1.07. The molecule has 2 atom stereocenters. The summed E-state index contributed by atoms with van der Waals surface area (Å²) in [4.78, 5) is 0. The maximum Gasteiger partial charge on any atom is 0.217 e. The lowest BCUT2D eigenvalue weighted by molar-refractivity contribution is 0.116. The van der Waals surface area contributed by atoms with Crippen molar-refractivity contribution in [1.82, 2.24) is 4.31 Å². The minimum atomic E-state index is -3.24. The second kappa shape index (κ2) is 6.19. The molecule has 0 bridgehead atoms. The van der Waals surface area contributed by atoms with Crippen molar-refractivity contribution in [2.45, 2.75) is 37.4 Å². The third-order valence-corrected chi connectivity index (χ3v) is 7.92. The van der Waals surface area contributed by atoms with Crippen LogP contribution in [0.2, 0.25) is 0 Å². The highest BCUT2D eigenvalue weighted by Crippen LogP contribution is 2.39. The molecule has 1 aromatic rings. The maximum atomic E-state index is 13.2. The van der Waals surface area contributed by atoms with Crippen molar-refractivity contribution in [3.63, 3.8) is 0 Å². The van der Waals surface area contributed by atoms with Crippen LogP contribution in [-0.4, -0.2) is 44.3 Å². The monoisotopic (exact) mass is 335 g/mol. The second-order valence-electron chi connectivity index (χ2n) is 7.21. The highest BCUT2D eigenvalue weighted by molar-refractivity contribution is 7.89. The van der Waals surface area contributed by atoms with Crippen LogP contribution in [0.1, 0.15) is 30.4 Å². The lowest BCUT2D eigenvalue weighted by atomic mass is 9.92. The van der Waals surface area contributed by atoms with Gasteiger partial charge in [-0.2, -0.15) is 4.31 Å². The number of nitrogens with zero attached hydrogens (tertiary/aromatic N) is 1. The maximum absolute atomic E-state index is 13.2. The summed E-state index contributed by atoms with van der Waals surface area (Å²) in [6.07, 6.45) is 4.74. The zero-order valence-corrected chi connectivity index (χ0v) is 14.3. The van der Waals surface area contributed by atoms with Crippen LogP contribution in [0, 0.1) is 11.8 Å². The van der Waals surface area contributed by atoms with Crippen LogP contribution in [-0.2, 0) is 27.6 Å². The molecule has 4 nitrogen and oxygen atoms in total. The van der Waals surface area contributed by atoms with E-state index in [0.717, 1.165) is 19.4 Å². The van der Waals surface area contributed by atoms with Gasteiger partial charge >= 0.3 is 0 Å². The fourth-order valence-electron chi connectivity index (χ4n) is 4.02. The number of ether oxygens (including phenoxy) is 1. The molecule has 5 heteroatoms. The second-order valence-corrected chi connectivity index (χ2v) is 9.42. The third kappa shape index (κ3) is 3.19. The van der Waals surface area contributed by atoms with Crippen molar-refractivity contribution in [2.24, 2.45) is 11.8 Å². The molecule has 1 aromatic carbocycles. The van der Waals surface area contributed by atoms with Gasteiger partial charge in [-0.15, -0.1) is 0 Å². The molecule has 0 spiro atoms. The van der Waals surface area contributed by atoms with Crippen molar-refractivity contribution >= 4 is 10.0 Å². The molecule has 2 fully saturated rings. The summed E-state index contributed by atoms with van der Waals surface area (Å²) >= 11 is 0. The summed E-state index contributed by atoms with van der Waals surface area (Å²) in [5, 5.41) is -0.268. The van der Waals surface area contributed by atoms with E-state index in [1.165, 1.54) is 24.0 Å². The summed E-state index contributed by atoms with van der Waals surface area (Å²) in [6.45, 7) is 2.44. The van der Waals surface area contributed by atoms with Crippen LogP contribution >= 0.6 is 0 Å². The molecule has 126 valence electrons. The average Bonchev–Trinajstić information content (AvgIpc) is 3.40. The standard InChI is InChI=1S/C18H25NO3S/c20-23(21,18-8-7-14-3-1-2-4-16(14)11-18)19-9-10-22-13-17(12-19)15-5-6-15/h1-4,15,17-18H,5-13H2. The van der Waals surface area contributed by atoms with Gasteiger partial charge in [0, 0.05) is 13.1 Å². The van der Waals surface area contributed by atoms with Gasteiger partial charge in [0.25, 0.3) is 0 Å². The molecular weight excluding hydrogens is 310 g/mol. The van der Waals surface area contributed by atoms with Gasteiger partial charge in [-0.1, -0.05) is 24.3 Å². The lowest BCUT2D eigenvalue weighted by Gasteiger charge is -2.31. The Morgan fingerprint density at radius 3 is 2.61 bits per heavy atom. The Morgan fingerprint density at radius 2 is 1.83 bits per heavy atom. The van der Waals surface area contributed by atoms with Gasteiger partial charge in [0.15, 0.2) is 0 Å². The van der Waals surface area contributed by atoms with Crippen molar-refractivity contribution in [3.8, 4) is 0 Å².